The third-order valence-corrected chi connectivity index (χ3v) is 5.92. The molecule has 0 spiro atoms. The van der Waals surface area contributed by atoms with Gasteiger partial charge in [-0.15, -0.1) is 0 Å². The number of fused-ring (bicyclic) bond motifs is 4. The second kappa shape index (κ2) is 8.03. The van der Waals surface area contributed by atoms with E-state index in [1.54, 1.807) is 17.2 Å². The number of hydrogen-bond acceptors (Lipinski definition) is 8. The van der Waals surface area contributed by atoms with Gasteiger partial charge in [-0.05, 0) is 24.6 Å². The fraction of sp³-hybridized carbons (Fsp3) is 0.429. The van der Waals surface area contributed by atoms with Crippen molar-refractivity contribution in [2.75, 3.05) is 66.5 Å². The molecule has 2 amide bonds. The number of ether oxygens (including phenoxy) is 2. The van der Waals surface area contributed by atoms with Crippen LogP contribution >= 0.6 is 0 Å². The van der Waals surface area contributed by atoms with Gasteiger partial charge in [0.25, 0.3) is 0 Å². The lowest BCUT2D eigenvalue weighted by Crippen LogP contribution is -2.48. The second-order valence-corrected chi connectivity index (χ2v) is 7.72. The molecule has 0 aliphatic carbocycles. The molecule has 0 radical (unpaired) electrons. The Bertz CT molecular complexity index is 1010. The number of amides is 2. The molecular formula is C21H24N6O4. The number of pyridine rings is 2. The van der Waals surface area contributed by atoms with Crippen LogP contribution in [0.1, 0.15) is 16.9 Å². The zero-order chi connectivity index (χ0) is 21.4. The highest BCUT2D eigenvalue weighted by Gasteiger charge is 2.40. The molecule has 2 aromatic rings. The zero-order valence-corrected chi connectivity index (χ0v) is 17.3. The number of esters is 1. The normalized spacial score (nSPS) is 19.8. The van der Waals surface area contributed by atoms with E-state index in [1.807, 2.05) is 18.2 Å². The Hall–Kier alpha value is -3.40. The van der Waals surface area contributed by atoms with Gasteiger partial charge in [0.1, 0.15) is 5.82 Å². The van der Waals surface area contributed by atoms with E-state index >= 15 is 0 Å². The average Bonchev–Trinajstić information content (AvgIpc) is 3.23. The summed E-state index contributed by atoms with van der Waals surface area (Å²) in [5.74, 6) is 0.412. The van der Waals surface area contributed by atoms with Gasteiger partial charge >= 0.3 is 12.0 Å². The van der Waals surface area contributed by atoms with Crippen LogP contribution in [0.15, 0.2) is 30.5 Å². The summed E-state index contributed by atoms with van der Waals surface area (Å²) in [5.41, 5.74) is 2.01. The molecule has 1 N–H and O–H groups in total. The van der Waals surface area contributed by atoms with Gasteiger partial charge < -0.3 is 19.3 Å². The van der Waals surface area contributed by atoms with Crippen LogP contribution in [0, 0.1) is 0 Å². The average molecular weight is 424 g/mol. The molecule has 0 aromatic carbocycles. The molecule has 3 aliphatic heterocycles. The van der Waals surface area contributed by atoms with Crippen molar-refractivity contribution in [2.45, 2.75) is 12.5 Å². The quantitative estimate of drug-likeness (QED) is 0.744. The van der Waals surface area contributed by atoms with Crippen LogP contribution in [0.3, 0.4) is 0 Å². The summed E-state index contributed by atoms with van der Waals surface area (Å²) in [4.78, 5) is 40.1. The molecule has 10 nitrogen and oxygen atoms in total. The number of aromatic nitrogens is 2. The first-order chi connectivity index (χ1) is 15.1. The standard InChI is InChI=1S/C21H24N6O4/c1-30-20(28)16-2-3-17-19(23-16)27(15-5-7-26(17)13-15)21(29)24-18-12-14(4-6-22-18)25-8-10-31-11-9-25/h2-4,6,12,15H,5,7-11,13H2,1H3,(H,22,24,29)/t15-/m0/s1. The van der Waals surface area contributed by atoms with Crippen LogP contribution in [0.5, 0.6) is 0 Å². The van der Waals surface area contributed by atoms with Gasteiger partial charge in [-0.2, -0.15) is 0 Å². The van der Waals surface area contributed by atoms with Gasteiger partial charge in [0.15, 0.2) is 11.5 Å². The maximum absolute atomic E-state index is 13.3. The van der Waals surface area contributed by atoms with Crippen molar-refractivity contribution in [1.82, 2.24) is 9.97 Å². The third-order valence-electron chi connectivity index (χ3n) is 5.92. The van der Waals surface area contributed by atoms with Gasteiger partial charge in [0.05, 0.1) is 32.1 Å². The first kappa shape index (κ1) is 19.6. The third kappa shape index (κ3) is 3.63. The van der Waals surface area contributed by atoms with E-state index < -0.39 is 5.97 Å². The number of carbonyl (C=O) groups excluding carboxylic acids is 2. The Morgan fingerprint density at radius 3 is 2.81 bits per heavy atom. The monoisotopic (exact) mass is 424 g/mol. The number of anilines is 4. The maximum Gasteiger partial charge on any atom is 0.356 e. The van der Waals surface area contributed by atoms with Crippen LogP contribution in [0.4, 0.5) is 27.8 Å². The minimum Gasteiger partial charge on any atom is -0.464 e. The predicted molar refractivity (Wildman–Crippen MR) is 115 cm³/mol. The Morgan fingerprint density at radius 1 is 1.16 bits per heavy atom. The summed E-state index contributed by atoms with van der Waals surface area (Å²) in [6.07, 6.45) is 2.52. The van der Waals surface area contributed by atoms with Gasteiger partial charge in [0, 0.05) is 44.1 Å². The van der Waals surface area contributed by atoms with E-state index in [-0.39, 0.29) is 17.8 Å². The number of nitrogens with zero attached hydrogens (tertiary/aromatic N) is 5. The highest BCUT2D eigenvalue weighted by atomic mass is 16.5. The van der Waals surface area contributed by atoms with E-state index in [0.29, 0.717) is 24.8 Å². The van der Waals surface area contributed by atoms with Crippen LogP contribution < -0.4 is 20.0 Å². The summed E-state index contributed by atoms with van der Waals surface area (Å²) >= 11 is 0. The number of carbonyl (C=O) groups is 2. The number of urea groups is 1. The van der Waals surface area contributed by atoms with Gasteiger partial charge in [-0.1, -0.05) is 0 Å². The van der Waals surface area contributed by atoms with E-state index in [2.05, 4.69) is 25.1 Å². The fourth-order valence-electron chi connectivity index (χ4n) is 4.37. The molecule has 162 valence electrons. The molecule has 2 fully saturated rings. The predicted octanol–water partition coefficient (Wildman–Crippen LogP) is 1.73. The summed E-state index contributed by atoms with van der Waals surface area (Å²) in [6.45, 7) is 4.54. The topological polar surface area (TPSA) is 100 Å². The van der Waals surface area contributed by atoms with Crippen molar-refractivity contribution in [3.8, 4) is 0 Å². The molecule has 2 aromatic heterocycles. The van der Waals surface area contributed by atoms with E-state index in [4.69, 9.17) is 9.47 Å². The molecule has 5 rings (SSSR count). The lowest BCUT2D eigenvalue weighted by Gasteiger charge is -2.35. The fourth-order valence-corrected chi connectivity index (χ4v) is 4.37. The summed E-state index contributed by atoms with van der Waals surface area (Å²) in [6, 6.07) is 6.92. The van der Waals surface area contributed by atoms with Crippen molar-refractivity contribution in [3.05, 3.63) is 36.2 Å². The number of morpholine rings is 1. The van der Waals surface area contributed by atoms with Gasteiger partial charge in [-0.3, -0.25) is 10.2 Å². The Kier molecular flexibility index (Phi) is 5.06. The van der Waals surface area contributed by atoms with Crippen LogP contribution in [-0.2, 0) is 9.47 Å². The second-order valence-electron chi connectivity index (χ2n) is 7.72. The minimum absolute atomic E-state index is 0.0182. The van der Waals surface area contributed by atoms with Gasteiger partial charge in [0.2, 0.25) is 0 Å². The summed E-state index contributed by atoms with van der Waals surface area (Å²) in [5, 5.41) is 2.92. The van der Waals surface area contributed by atoms with E-state index in [0.717, 1.165) is 44.0 Å². The first-order valence-corrected chi connectivity index (χ1v) is 10.4. The Labute approximate surface area is 179 Å². The van der Waals surface area contributed by atoms with Crippen molar-refractivity contribution in [2.24, 2.45) is 0 Å². The Morgan fingerprint density at radius 2 is 2.00 bits per heavy atom. The molecule has 0 saturated carbocycles. The van der Waals surface area contributed by atoms with E-state index in [1.165, 1.54) is 7.11 Å². The molecule has 5 heterocycles. The molecule has 10 heteroatoms. The smallest absolute Gasteiger partial charge is 0.356 e. The number of methoxy groups -OCH3 is 1. The SMILES string of the molecule is COC(=O)c1ccc2c(n1)N(C(=O)Nc1cc(N3CCOCC3)ccn1)[C@H]1CCN2C1. The van der Waals surface area contributed by atoms with E-state index in [9.17, 15) is 9.59 Å². The molecule has 0 unspecified atom stereocenters. The van der Waals surface area contributed by atoms with Crippen molar-refractivity contribution in [1.29, 1.82) is 0 Å². The Balaban J connectivity index is 1.42. The molecule has 2 bridgehead atoms. The first-order valence-electron chi connectivity index (χ1n) is 10.4. The molecular weight excluding hydrogens is 400 g/mol. The lowest BCUT2D eigenvalue weighted by atomic mass is 10.2. The van der Waals surface area contributed by atoms with Crippen LogP contribution in [-0.4, -0.2) is 74.5 Å². The lowest BCUT2D eigenvalue weighted by molar-refractivity contribution is 0.0594. The van der Waals surface area contributed by atoms with Crippen molar-refractivity contribution >= 4 is 35.0 Å². The molecule has 3 aliphatic rings. The van der Waals surface area contributed by atoms with Crippen LogP contribution in [0.25, 0.3) is 0 Å². The zero-order valence-electron chi connectivity index (χ0n) is 17.3. The van der Waals surface area contributed by atoms with Crippen molar-refractivity contribution in [3.63, 3.8) is 0 Å². The minimum atomic E-state index is -0.532. The highest BCUT2D eigenvalue weighted by molar-refractivity contribution is 6.04. The summed E-state index contributed by atoms with van der Waals surface area (Å²) < 4.78 is 10.2. The summed E-state index contributed by atoms with van der Waals surface area (Å²) in [7, 11) is 1.31. The van der Waals surface area contributed by atoms with Crippen LogP contribution in [0.2, 0.25) is 0 Å². The number of hydrogen-bond donors (Lipinski definition) is 1. The van der Waals surface area contributed by atoms with Crippen molar-refractivity contribution < 1.29 is 19.1 Å². The van der Waals surface area contributed by atoms with Gasteiger partial charge in [-0.25, -0.2) is 19.6 Å². The number of rotatable bonds is 3. The molecule has 1 atom stereocenters. The molecule has 31 heavy (non-hydrogen) atoms. The number of nitrogens with one attached hydrogen (secondary N) is 1. The highest BCUT2D eigenvalue weighted by Crippen LogP contribution is 2.39. The maximum atomic E-state index is 13.3. The largest absolute Gasteiger partial charge is 0.464 e. The molecule has 2 saturated heterocycles.